The van der Waals surface area contributed by atoms with Crippen molar-refractivity contribution in [2.75, 3.05) is 13.7 Å². The fraction of sp³-hybridized carbons (Fsp3) is 0.667. The van der Waals surface area contributed by atoms with Crippen LogP contribution in [0, 0.1) is 11.8 Å². The molecule has 1 fully saturated rings. The molecule has 0 radical (unpaired) electrons. The molecule has 1 aromatic rings. The van der Waals surface area contributed by atoms with Gasteiger partial charge in [0.15, 0.2) is 0 Å². The molecule has 0 amide bonds. The Morgan fingerprint density at radius 1 is 1.20 bits per heavy atom. The lowest BCUT2D eigenvalue weighted by atomic mass is 9.77. The summed E-state index contributed by atoms with van der Waals surface area (Å²) in [6, 6.07) is 8.94. The summed E-state index contributed by atoms with van der Waals surface area (Å²) in [4.78, 5) is 0. The van der Waals surface area contributed by atoms with Gasteiger partial charge in [0.25, 0.3) is 0 Å². The van der Waals surface area contributed by atoms with Gasteiger partial charge >= 0.3 is 0 Å². The number of hydrogen-bond acceptors (Lipinski definition) is 2. The summed E-state index contributed by atoms with van der Waals surface area (Å²) in [6.07, 6.45) is 6.57. The van der Waals surface area contributed by atoms with Crippen molar-refractivity contribution in [3.8, 4) is 5.75 Å². The lowest BCUT2D eigenvalue weighted by Gasteiger charge is -2.34. The topological polar surface area (TPSA) is 21.3 Å². The van der Waals surface area contributed by atoms with Gasteiger partial charge in [-0.15, -0.1) is 0 Å². The van der Waals surface area contributed by atoms with Crippen LogP contribution in [0.3, 0.4) is 0 Å². The Morgan fingerprint density at radius 2 is 1.90 bits per heavy atom. The highest BCUT2D eigenvalue weighted by Crippen LogP contribution is 2.39. The normalized spacial score (nSPS) is 24.4. The maximum Gasteiger partial charge on any atom is 0.123 e. The Balaban J connectivity index is 2.18. The molecule has 1 aliphatic rings. The molecule has 2 nitrogen and oxygen atoms in total. The summed E-state index contributed by atoms with van der Waals surface area (Å²) in [5, 5.41) is 3.76. The van der Waals surface area contributed by atoms with Gasteiger partial charge in [0.05, 0.1) is 7.11 Å². The molecule has 0 spiro atoms. The Hall–Kier alpha value is -1.02. The van der Waals surface area contributed by atoms with Crippen LogP contribution >= 0.6 is 0 Å². The molecule has 0 aliphatic heterocycles. The summed E-state index contributed by atoms with van der Waals surface area (Å²) in [6.45, 7) is 5.69. The third kappa shape index (κ3) is 3.76. The molecule has 0 heterocycles. The first kappa shape index (κ1) is 15.4. The van der Waals surface area contributed by atoms with E-state index in [2.05, 4.69) is 43.4 Å². The van der Waals surface area contributed by atoms with Crippen molar-refractivity contribution in [3.63, 3.8) is 0 Å². The molecular weight excluding hydrogens is 246 g/mol. The van der Waals surface area contributed by atoms with Crippen LogP contribution in [0.4, 0.5) is 0 Å². The quantitative estimate of drug-likeness (QED) is 0.821. The van der Waals surface area contributed by atoms with E-state index in [1.54, 1.807) is 7.11 Å². The lowest BCUT2D eigenvalue weighted by Crippen LogP contribution is -2.31. The fourth-order valence-electron chi connectivity index (χ4n) is 3.37. The first-order valence-electron chi connectivity index (χ1n) is 8.12. The van der Waals surface area contributed by atoms with Crippen molar-refractivity contribution < 1.29 is 4.74 Å². The maximum absolute atomic E-state index is 5.58. The molecule has 0 saturated heterocycles. The summed E-state index contributed by atoms with van der Waals surface area (Å²) >= 11 is 0. The summed E-state index contributed by atoms with van der Waals surface area (Å²) < 4.78 is 5.58. The van der Waals surface area contributed by atoms with Gasteiger partial charge in [-0.2, -0.15) is 0 Å². The van der Waals surface area contributed by atoms with Gasteiger partial charge in [-0.25, -0.2) is 0 Å². The largest absolute Gasteiger partial charge is 0.496 e. The lowest BCUT2D eigenvalue weighted by molar-refractivity contribution is 0.228. The molecule has 20 heavy (non-hydrogen) atoms. The number of hydrogen-bond donors (Lipinski definition) is 1. The maximum atomic E-state index is 5.58. The average Bonchev–Trinajstić information content (AvgIpc) is 2.50. The van der Waals surface area contributed by atoms with Gasteiger partial charge in [0.2, 0.25) is 0 Å². The van der Waals surface area contributed by atoms with Crippen LogP contribution in [0.25, 0.3) is 0 Å². The Labute approximate surface area is 123 Å². The zero-order valence-corrected chi connectivity index (χ0v) is 13.2. The molecule has 1 saturated carbocycles. The molecule has 0 bridgehead atoms. The van der Waals surface area contributed by atoms with E-state index in [0.29, 0.717) is 6.04 Å². The second-order valence-corrected chi connectivity index (χ2v) is 6.19. The third-order valence-corrected chi connectivity index (χ3v) is 4.62. The minimum atomic E-state index is 0.443. The molecular formula is C18H29NO. The Morgan fingerprint density at radius 3 is 2.55 bits per heavy atom. The molecule has 0 aromatic heterocycles. The molecule has 1 N–H and O–H groups in total. The number of benzene rings is 1. The summed E-state index contributed by atoms with van der Waals surface area (Å²) in [5.74, 6) is 2.67. The summed E-state index contributed by atoms with van der Waals surface area (Å²) in [5.41, 5.74) is 1.34. The first-order valence-corrected chi connectivity index (χ1v) is 8.12. The van der Waals surface area contributed by atoms with Crippen LogP contribution < -0.4 is 10.1 Å². The molecule has 112 valence electrons. The molecule has 2 rings (SSSR count). The molecule has 1 unspecified atom stereocenters. The highest BCUT2D eigenvalue weighted by atomic mass is 16.5. The van der Waals surface area contributed by atoms with Gasteiger partial charge < -0.3 is 10.1 Å². The standard InChI is InChI=1S/C18H29NO/c1-4-13-19-18(15-11-9-14(2)10-12-15)16-7-5-6-8-17(16)20-3/h5-8,14-15,18-19H,4,9-13H2,1-3H3. The zero-order valence-electron chi connectivity index (χ0n) is 13.2. The van der Waals surface area contributed by atoms with Gasteiger partial charge in [0, 0.05) is 11.6 Å². The van der Waals surface area contributed by atoms with Crippen LogP contribution in [-0.2, 0) is 0 Å². The first-order chi connectivity index (χ1) is 9.76. The van der Waals surface area contributed by atoms with Gasteiger partial charge in [-0.1, -0.05) is 44.9 Å². The third-order valence-electron chi connectivity index (χ3n) is 4.62. The number of nitrogens with one attached hydrogen (secondary N) is 1. The van der Waals surface area contributed by atoms with E-state index in [1.165, 1.54) is 37.7 Å². The van der Waals surface area contributed by atoms with E-state index in [9.17, 15) is 0 Å². The predicted molar refractivity (Wildman–Crippen MR) is 85.2 cm³/mol. The van der Waals surface area contributed by atoms with Crippen molar-refractivity contribution in [1.82, 2.24) is 5.32 Å². The molecule has 2 heteroatoms. The van der Waals surface area contributed by atoms with Crippen molar-refractivity contribution >= 4 is 0 Å². The van der Waals surface area contributed by atoms with E-state index in [4.69, 9.17) is 4.74 Å². The van der Waals surface area contributed by atoms with Crippen LogP contribution in [0.2, 0.25) is 0 Å². The predicted octanol–water partition coefficient (Wildman–Crippen LogP) is 4.56. The number of rotatable bonds is 6. The van der Waals surface area contributed by atoms with E-state index in [1.807, 2.05) is 0 Å². The van der Waals surface area contributed by atoms with Gasteiger partial charge in [-0.3, -0.25) is 0 Å². The van der Waals surface area contributed by atoms with Crippen molar-refractivity contribution in [1.29, 1.82) is 0 Å². The van der Waals surface area contributed by atoms with Crippen LogP contribution in [0.1, 0.15) is 57.6 Å². The number of para-hydroxylation sites is 1. The van der Waals surface area contributed by atoms with Gasteiger partial charge in [-0.05, 0) is 43.7 Å². The van der Waals surface area contributed by atoms with Crippen LogP contribution in [0.15, 0.2) is 24.3 Å². The zero-order chi connectivity index (χ0) is 14.4. The van der Waals surface area contributed by atoms with E-state index in [-0.39, 0.29) is 0 Å². The Bertz CT molecular complexity index is 396. The molecule has 1 atom stereocenters. The van der Waals surface area contributed by atoms with E-state index >= 15 is 0 Å². The van der Waals surface area contributed by atoms with Crippen molar-refractivity contribution in [3.05, 3.63) is 29.8 Å². The Kier molecular flexibility index (Phi) is 5.90. The number of methoxy groups -OCH3 is 1. The van der Waals surface area contributed by atoms with Crippen LogP contribution in [0.5, 0.6) is 5.75 Å². The highest BCUT2D eigenvalue weighted by molar-refractivity contribution is 5.36. The van der Waals surface area contributed by atoms with Crippen molar-refractivity contribution in [2.24, 2.45) is 11.8 Å². The van der Waals surface area contributed by atoms with E-state index in [0.717, 1.165) is 24.1 Å². The average molecular weight is 275 g/mol. The minimum absolute atomic E-state index is 0.443. The SMILES string of the molecule is CCCNC(c1ccccc1OC)C1CCC(C)CC1. The van der Waals surface area contributed by atoms with E-state index < -0.39 is 0 Å². The molecule has 1 aliphatic carbocycles. The second kappa shape index (κ2) is 7.68. The fourth-order valence-corrected chi connectivity index (χ4v) is 3.37. The summed E-state index contributed by atoms with van der Waals surface area (Å²) in [7, 11) is 1.78. The van der Waals surface area contributed by atoms with Crippen LogP contribution in [-0.4, -0.2) is 13.7 Å². The highest BCUT2D eigenvalue weighted by Gasteiger charge is 2.28. The second-order valence-electron chi connectivity index (χ2n) is 6.19. The minimum Gasteiger partial charge on any atom is -0.496 e. The monoisotopic (exact) mass is 275 g/mol. The number of ether oxygens (including phenoxy) is 1. The van der Waals surface area contributed by atoms with Crippen molar-refractivity contribution in [2.45, 2.75) is 52.0 Å². The van der Waals surface area contributed by atoms with Gasteiger partial charge in [0.1, 0.15) is 5.75 Å². The smallest absolute Gasteiger partial charge is 0.123 e. The molecule has 1 aromatic carbocycles.